The highest BCUT2D eigenvalue weighted by molar-refractivity contribution is 5.95. The first-order chi connectivity index (χ1) is 9.58. The lowest BCUT2D eigenvalue weighted by molar-refractivity contribution is -0.384. The molecule has 6 heteroatoms. The van der Waals surface area contributed by atoms with Crippen LogP contribution in [0.3, 0.4) is 0 Å². The Balaban J connectivity index is 1.90. The van der Waals surface area contributed by atoms with Crippen LogP contribution in [-0.4, -0.2) is 22.8 Å². The van der Waals surface area contributed by atoms with E-state index < -0.39 is 11.2 Å². The molecule has 1 heterocycles. The number of ether oxygens (including phenoxy) is 1. The molecule has 0 aromatic heterocycles. The van der Waals surface area contributed by atoms with Gasteiger partial charge in [0.1, 0.15) is 5.76 Å². The lowest BCUT2D eigenvalue weighted by Gasteiger charge is -2.34. The van der Waals surface area contributed by atoms with Crippen molar-refractivity contribution < 1.29 is 14.5 Å². The van der Waals surface area contributed by atoms with Gasteiger partial charge >= 0.3 is 0 Å². The van der Waals surface area contributed by atoms with E-state index in [0.29, 0.717) is 0 Å². The van der Waals surface area contributed by atoms with E-state index in [1.807, 2.05) is 0 Å². The van der Waals surface area contributed by atoms with Gasteiger partial charge in [0.2, 0.25) is 0 Å². The minimum Gasteiger partial charge on any atom is -0.470 e. The van der Waals surface area contributed by atoms with Crippen LogP contribution in [0.15, 0.2) is 35.6 Å². The maximum Gasteiger partial charge on any atom is 0.269 e. The summed E-state index contributed by atoms with van der Waals surface area (Å²) < 4.78 is 5.89. The molecule has 1 aliphatic heterocycles. The topological polar surface area (TPSA) is 72.7 Å². The monoisotopic (exact) mass is 274 g/mol. The number of benzene rings is 1. The zero-order chi connectivity index (χ0) is 14.3. The minimum atomic E-state index is -0.500. The van der Waals surface area contributed by atoms with Crippen molar-refractivity contribution in [2.45, 2.75) is 25.5 Å². The number of allylic oxidation sites excluding steroid dienone is 1. The Morgan fingerprint density at radius 3 is 2.65 bits per heavy atom. The molecule has 0 radical (unpaired) electrons. The van der Waals surface area contributed by atoms with Gasteiger partial charge < -0.3 is 9.64 Å². The maximum absolute atomic E-state index is 12.2. The van der Waals surface area contributed by atoms with Crippen LogP contribution in [0.1, 0.15) is 31.1 Å². The zero-order valence-corrected chi connectivity index (χ0v) is 11.0. The van der Waals surface area contributed by atoms with Gasteiger partial charge in [-0.1, -0.05) is 0 Å². The number of nitro groups is 1. The predicted molar refractivity (Wildman–Crippen MR) is 70.6 cm³/mol. The van der Waals surface area contributed by atoms with Crippen LogP contribution in [0.4, 0.5) is 5.69 Å². The van der Waals surface area contributed by atoms with Gasteiger partial charge in [-0.3, -0.25) is 14.9 Å². The van der Waals surface area contributed by atoms with Gasteiger partial charge in [0.25, 0.3) is 11.6 Å². The smallest absolute Gasteiger partial charge is 0.269 e. The molecule has 2 aliphatic rings. The summed E-state index contributed by atoms with van der Waals surface area (Å²) in [6, 6.07) is 6.12. The van der Waals surface area contributed by atoms with Crippen molar-refractivity contribution in [3.8, 4) is 0 Å². The Kier molecular flexibility index (Phi) is 2.93. The van der Waals surface area contributed by atoms with Crippen LogP contribution in [0.25, 0.3) is 0 Å². The largest absolute Gasteiger partial charge is 0.470 e. The number of non-ortho nitro benzene ring substituents is 1. The molecule has 0 saturated carbocycles. The molecule has 3 rings (SSSR count). The number of amides is 1. The van der Waals surface area contributed by atoms with Crippen LogP contribution in [0, 0.1) is 10.1 Å². The Hall–Kier alpha value is -2.37. The third kappa shape index (κ3) is 1.93. The predicted octanol–water partition coefficient (Wildman–Crippen LogP) is 2.52. The first-order valence-corrected chi connectivity index (χ1v) is 6.48. The zero-order valence-electron chi connectivity index (χ0n) is 11.0. The first-order valence-electron chi connectivity index (χ1n) is 6.48. The third-order valence-corrected chi connectivity index (χ3v) is 3.74. The summed E-state index contributed by atoms with van der Waals surface area (Å²) >= 11 is 0. The standard InChI is InChI=1S/C14H14N2O4/c1-15-13(17)11-3-2-4-12(11)20-14(15)9-5-7-10(8-6-9)16(18)19/h5-8,14H,2-4H2,1H3. The van der Waals surface area contributed by atoms with Crippen molar-refractivity contribution in [2.75, 3.05) is 7.05 Å². The number of hydrogen-bond acceptors (Lipinski definition) is 4. The fourth-order valence-corrected chi connectivity index (χ4v) is 2.66. The van der Waals surface area contributed by atoms with Gasteiger partial charge in [0.05, 0.1) is 10.5 Å². The van der Waals surface area contributed by atoms with Crippen LogP contribution < -0.4 is 0 Å². The summed E-state index contributed by atoms with van der Waals surface area (Å²) in [5.74, 6) is 0.767. The molecule has 1 aromatic rings. The van der Waals surface area contributed by atoms with Crippen LogP contribution in [0.5, 0.6) is 0 Å². The van der Waals surface area contributed by atoms with Gasteiger partial charge in [-0.25, -0.2) is 0 Å². The molecule has 1 amide bonds. The Labute approximate surface area is 115 Å². The maximum atomic E-state index is 12.2. The highest BCUT2D eigenvalue weighted by Crippen LogP contribution is 2.39. The van der Waals surface area contributed by atoms with Gasteiger partial charge in [-0.2, -0.15) is 0 Å². The molecule has 104 valence electrons. The molecule has 1 aromatic carbocycles. The molecule has 0 bridgehead atoms. The first kappa shape index (κ1) is 12.7. The number of nitro benzene ring substituents is 1. The summed E-state index contributed by atoms with van der Waals surface area (Å²) in [5, 5.41) is 10.7. The fourth-order valence-electron chi connectivity index (χ4n) is 2.66. The summed E-state index contributed by atoms with van der Waals surface area (Å²) in [4.78, 5) is 24.0. The van der Waals surface area contributed by atoms with Crippen molar-refractivity contribution in [2.24, 2.45) is 0 Å². The average Bonchev–Trinajstić information content (AvgIpc) is 2.91. The number of nitrogens with zero attached hydrogens (tertiary/aromatic N) is 2. The second-order valence-electron chi connectivity index (χ2n) is 4.99. The fraction of sp³-hybridized carbons (Fsp3) is 0.357. The Morgan fingerprint density at radius 2 is 2.00 bits per heavy atom. The third-order valence-electron chi connectivity index (χ3n) is 3.74. The molecule has 0 spiro atoms. The second kappa shape index (κ2) is 4.63. The highest BCUT2D eigenvalue weighted by atomic mass is 16.6. The van der Waals surface area contributed by atoms with E-state index in [1.54, 1.807) is 24.1 Å². The molecular formula is C14H14N2O4. The molecule has 0 saturated heterocycles. The molecule has 6 nitrogen and oxygen atoms in total. The van der Waals surface area contributed by atoms with Crippen molar-refractivity contribution in [1.29, 1.82) is 0 Å². The summed E-state index contributed by atoms with van der Waals surface area (Å²) in [6.07, 6.45) is 2.00. The summed E-state index contributed by atoms with van der Waals surface area (Å²) in [6.45, 7) is 0. The Morgan fingerprint density at radius 1 is 1.30 bits per heavy atom. The van der Waals surface area contributed by atoms with E-state index in [-0.39, 0.29) is 11.6 Å². The van der Waals surface area contributed by atoms with Crippen molar-refractivity contribution >= 4 is 11.6 Å². The number of hydrogen-bond donors (Lipinski definition) is 0. The molecule has 1 unspecified atom stereocenters. The number of rotatable bonds is 2. The van der Waals surface area contributed by atoms with Crippen molar-refractivity contribution in [3.63, 3.8) is 0 Å². The molecule has 0 fully saturated rings. The van der Waals surface area contributed by atoms with E-state index in [4.69, 9.17) is 4.74 Å². The Bertz CT molecular complexity index is 606. The molecule has 20 heavy (non-hydrogen) atoms. The van der Waals surface area contributed by atoms with Crippen LogP contribution in [-0.2, 0) is 9.53 Å². The lowest BCUT2D eigenvalue weighted by atomic mass is 10.1. The molecule has 1 atom stereocenters. The van der Waals surface area contributed by atoms with E-state index >= 15 is 0 Å². The van der Waals surface area contributed by atoms with E-state index in [2.05, 4.69) is 0 Å². The van der Waals surface area contributed by atoms with Crippen molar-refractivity contribution in [3.05, 3.63) is 51.3 Å². The second-order valence-corrected chi connectivity index (χ2v) is 4.99. The van der Waals surface area contributed by atoms with Crippen LogP contribution >= 0.6 is 0 Å². The van der Waals surface area contributed by atoms with Gasteiger partial charge in [0, 0.05) is 31.2 Å². The van der Waals surface area contributed by atoms with E-state index in [1.165, 1.54) is 12.1 Å². The molecule has 1 aliphatic carbocycles. The number of carbonyl (C=O) groups excluding carboxylic acids is 1. The van der Waals surface area contributed by atoms with Gasteiger partial charge in [0.15, 0.2) is 6.23 Å². The lowest BCUT2D eigenvalue weighted by Crippen LogP contribution is -2.37. The van der Waals surface area contributed by atoms with E-state index in [0.717, 1.165) is 36.2 Å². The highest BCUT2D eigenvalue weighted by Gasteiger charge is 2.36. The number of likely N-dealkylation sites (N-methyl/N-ethyl adjacent to an activating group) is 1. The summed E-state index contributed by atoms with van der Waals surface area (Å²) in [7, 11) is 1.69. The van der Waals surface area contributed by atoms with Gasteiger partial charge in [-0.05, 0) is 25.0 Å². The number of carbonyl (C=O) groups is 1. The average molecular weight is 274 g/mol. The normalized spacial score (nSPS) is 21.8. The minimum absolute atomic E-state index is 0.00731. The van der Waals surface area contributed by atoms with Crippen LogP contribution in [0.2, 0.25) is 0 Å². The molecular weight excluding hydrogens is 260 g/mol. The van der Waals surface area contributed by atoms with E-state index in [9.17, 15) is 14.9 Å². The quantitative estimate of drug-likeness (QED) is 0.613. The summed E-state index contributed by atoms with van der Waals surface area (Å²) in [5.41, 5.74) is 1.54. The SMILES string of the molecule is CN1C(=O)C2=C(CCC2)OC1c1ccc([N+](=O)[O-])cc1. The molecule has 0 N–H and O–H groups in total. The van der Waals surface area contributed by atoms with Gasteiger partial charge in [-0.15, -0.1) is 0 Å². The van der Waals surface area contributed by atoms with Crippen molar-refractivity contribution in [1.82, 2.24) is 4.90 Å².